The van der Waals surface area contributed by atoms with E-state index in [1.54, 1.807) is 31.1 Å². The number of carboxylic acid groups (broad SMARTS) is 1. The Bertz CT molecular complexity index is 1810. The van der Waals surface area contributed by atoms with Gasteiger partial charge in [0.05, 0.1) is 23.7 Å². The van der Waals surface area contributed by atoms with Gasteiger partial charge in [-0.15, -0.1) is 0 Å². The molecule has 7 nitrogen and oxygen atoms in total. The Kier molecular flexibility index (Phi) is 8.60. The summed E-state index contributed by atoms with van der Waals surface area (Å²) in [4.78, 5) is 26.1. The van der Waals surface area contributed by atoms with Crippen molar-refractivity contribution in [3.05, 3.63) is 123 Å². The molecule has 0 aliphatic rings. The molecule has 0 saturated heterocycles. The van der Waals surface area contributed by atoms with Gasteiger partial charge in [-0.05, 0) is 53.4 Å². The van der Waals surface area contributed by atoms with Crippen molar-refractivity contribution in [1.82, 2.24) is 14.1 Å². The fourth-order valence-corrected chi connectivity index (χ4v) is 5.05. The van der Waals surface area contributed by atoms with Gasteiger partial charge in [-0.1, -0.05) is 59.6 Å². The Labute approximate surface area is 244 Å². The first kappa shape index (κ1) is 30.5. The molecule has 0 bridgehead atoms. The van der Waals surface area contributed by atoms with E-state index in [1.807, 2.05) is 54.2 Å². The van der Waals surface area contributed by atoms with Crippen LogP contribution in [0.2, 0.25) is 5.02 Å². The fourth-order valence-electron chi connectivity index (χ4n) is 4.86. The van der Waals surface area contributed by atoms with Crippen LogP contribution in [0.4, 0.5) is 13.2 Å². The van der Waals surface area contributed by atoms with Gasteiger partial charge >= 0.3 is 12.1 Å². The number of aryl methyl sites for hydroxylation is 3. The third-order valence-electron chi connectivity index (χ3n) is 6.97. The number of rotatable bonds is 5. The third kappa shape index (κ3) is 5.81. The smallest absolute Gasteiger partial charge is 0.475 e. The Morgan fingerprint density at radius 1 is 0.976 bits per heavy atom. The molecule has 0 fully saturated rings. The molecule has 0 aliphatic carbocycles. The van der Waals surface area contributed by atoms with Gasteiger partial charge in [0, 0.05) is 37.7 Å². The van der Waals surface area contributed by atoms with Crippen molar-refractivity contribution < 1.29 is 27.8 Å². The fraction of sp³-hybridized carbons (Fsp3) is 0.194. The van der Waals surface area contributed by atoms with Crippen molar-refractivity contribution >= 4 is 28.5 Å². The van der Waals surface area contributed by atoms with E-state index < -0.39 is 17.7 Å². The minimum atomic E-state index is -5.08. The number of aliphatic carboxylic acids is 1. The van der Waals surface area contributed by atoms with Gasteiger partial charge in [-0.3, -0.25) is 4.79 Å². The number of nitrogens with zero attached hydrogens (tertiary/aromatic N) is 3. The summed E-state index contributed by atoms with van der Waals surface area (Å²) in [5.41, 5.74) is 5.54. The molecular formula is C31H27ClF3N3O4. The Morgan fingerprint density at radius 3 is 2.17 bits per heavy atom. The summed E-state index contributed by atoms with van der Waals surface area (Å²) in [5, 5.41) is 8.68. The standard InChI is InChI=1S/C29H26ClN3O2.C2HF3O2/c1-19-8-10-21(11-9-19)29(35-4,27-17-31-18-32(27)2)22-12-13-26-25(15-22)24(16-28(34)33(26)3)20-6-5-7-23(30)14-20;3-2(4,5)1(6)7/h5-18H,1-4H3;(H,6,7). The molecule has 2 heterocycles. The number of hydrogen-bond acceptors (Lipinski definition) is 4. The van der Waals surface area contributed by atoms with Crippen LogP contribution in [0.3, 0.4) is 0 Å². The maximum atomic E-state index is 12.8. The molecule has 5 aromatic rings. The van der Waals surface area contributed by atoms with Crippen LogP contribution in [-0.2, 0) is 29.2 Å². The highest BCUT2D eigenvalue weighted by atomic mass is 35.5. The SMILES string of the molecule is COC(c1ccc(C)cc1)(c1ccc2c(c1)c(-c1cccc(Cl)c1)cc(=O)n2C)c1cncn1C.O=C(O)C(F)(F)F. The number of fused-ring (bicyclic) bond motifs is 1. The number of alkyl halides is 3. The van der Waals surface area contributed by atoms with Gasteiger partial charge in [0.25, 0.3) is 5.56 Å². The van der Waals surface area contributed by atoms with Crippen LogP contribution in [0.1, 0.15) is 22.4 Å². The summed E-state index contributed by atoms with van der Waals surface area (Å²) in [7, 11) is 5.47. The van der Waals surface area contributed by atoms with E-state index in [1.165, 1.54) is 5.56 Å². The topological polar surface area (TPSA) is 86.4 Å². The molecule has 218 valence electrons. The summed E-state index contributed by atoms with van der Waals surface area (Å²) in [5.74, 6) is -2.76. The molecule has 2 aromatic heterocycles. The van der Waals surface area contributed by atoms with Gasteiger partial charge in [-0.25, -0.2) is 9.78 Å². The lowest BCUT2D eigenvalue weighted by molar-refractivity contribution is -0.192. The maximum Gasteiger partial charge on any atom is 0.490 e. The number of hydrogen-bond donors (Lipinski definition) is 1. The van der Waals surface area contributed by atoms with Gasteiger partial charge < -0.3 is 19.0 Å². The first-order chi connectivity index (χ1) is 19.8. The van der Waals surface area contributed by atoms with Crippen molar-refractivity contribution in [2.24, 2.45) is 14.1 Å². The average Bonchev–Trinajstić information content (AvgIpc) is 3.38. The first-order valence-corrected chi connectivity index (χ1v) is 13.0. The van der Waals surface area contributed by atoms with Crippen molar-refractivity contribution in [2.75, 3.05) is 7.11 Å². The molecule has 11 heteroatoms. The van der Waals surface area contributed by atoms with E-state index in [0.717, 1.165) is 38.9 Å². The molecule has 0 aliphatic heterocycles. The first-order valence-electron chi connectivity index (χ1n) is 12.6. The van der Waals surface area contributed by atoms with Gasteiger partial charge in [-0.2, -0.15) is 13.2 Å². The molecule has 5 rings (SSSR count). The number of imidazole rings is 1. The summed E-state index contributed by atoms with van der Waals surface area (Å²) in [6.45, 7) is 2.07. The third-order valence-corrected chi connectivity index (χ3v) is 7.21. The second kappa shape index (κ2) is 11.8. The van der Waals surface area contributed by atoms with Crippen LogP contribution < -0.4 is 5.56 Å². The number of carboxylic acids is 1. The number of carbonyl (C=O) groups is 1. The number of aromatic nitrogens is 3. The second-order valence-corrected chi connectivity index (χ2v) is 10.1. The summed E-state index contributed by atoms with van der Waals surface area (Å²) >= 11 is 6.31. The van der Waals surface area contributed by atoms with E-state index in [4.69, 9.17) is 26.2 Å². The van der Waals surface area contributed by atoms with Gasteiger partial charge in [0.15, 0.2) is 5.60 Å². The number of ether oxygens (including phenoxy) is 1. The van der Waals surface area contributed by atoms with Crippen molar-refractivity contribution in [3.63, 3.8) is 0 Å². The predicted molar refractivity (Wildman–Crippen MR) is 155 cm³/mol. The maximum absolute atomic E-state index is 12.8. The molecule has 42 heavy (non-hydrogen) atoms. The molecule has 0 saturated carbocycles. The summed E-state index contributed by atoms with van der Waals surface area (Å²) < 4.78 is 41.8. The minimum absolute atomic E-state index is 0.0802. The van der Waals surface area contributed by atoms with Crippen LogP contribution in [-0.4, -0.2) is 38.5 Å². The van der Waals surface area contributed by atoms with Crippen LogP contribution in [0.15, 0.2) is 90.1 Å². The Hall–Kier alpha value is -4.41. The average molecular weight is 598 g/mol. The van der Waals surface area contributed by atoms with Gasteiger partial charge in [0.1, 0.15) is 0 Å². The summed E-state index contributed by atoms with van der Waals surface area (Å²) in [6.07, 6.45) is -1.47. The number of methoxy groups -OCH3 is 1. The quantitative estimate of drug-likeness (QED) is 0.251. The lowest BCUT2D eigenvalue weighted by Crippen LogP contribution is -2.33. The highest BCUT2D eigenvalue weighted by Crippen LogP contribution is 2.42. The number of benzene rings is 3. The molecule has 0 spiro atoms. The van der Waals surface area contributed by atoms with Crippen molar-refractivity contribution in [1.29, 1.82) is 0 Å². The summed E-state index contributed by atoms with van der Waals surface area (Å²) in [6, 6.07) is 23.7. The minimum Gasteiger partial charge on any atom is -0.475 e. The van der Waals surface area contributed by atoms with E-state index in [-0.39, 0.29) is 5.56 Å². The van der Waals surface area contributed by atoms with Crippen molar-refractivity contribution in [2.45, 2.75) is 18.7 Å². The van der Waals surface area contributed by atoms with E-state index in [2.05, 4.69) is 42.2 Å². The van der Waals surface area contributed by atoms with E-state index >= 15 is 0 Å². The van der Waals surface area contributed by atoms with E-state index in [0.29, 0.717) is 5.02 Å². The monoisotopic (exact) mass is 597 g/mol. The highest BCUT2D eigenvalue weighted by molar-refractivity contribution is 6.30. The van der Waals surface area contributed by atoms with E-state index in [9.17, 15) is 18.0 Å². The van der Waals surface area contributed by atoms with Crippen LogP contribution in [0, 0.1) is 6.92 Å². The molecule has 1 unspecified atom stereocenters. The molecule has 0 radical (unpaired) electrons. The molecular weight excluding hydrogens is 571 g/mol. The van der Waals surface area contributed by atoms with Crippen LogP contribution in [0.5, 0.6) is 0 Å². The van der Waals surface area contributed by atoms with Crippen LogP contribution >= 0.6 is 11.6 Å². The largest absolute Gasteiger partial charge is 0.490 e. The zero-order valence-corrected chi connectivity index (χ0v) is 23.9. The Balaban J connectivity index is 0.000000517. The highest BCUT2D eigenvalue weighted by Gasteiger charge is 2.40. The predicted octanol–water partition coefficient (Wildman–Crippen LogP) is 6.47. The lowest BCUT2D eigenvalue weighted by atomic mass is 9.82. The second-order valence-electron chi connectivity index (χ2n) is 9.64. The molecule has 0 amide bonds. The number of halogens is 4. The molecule has 3 aromatic carbocycles. The zero-order chi connectivity index (χ0) is 30.8. The number of pyridine rings is 1. The van der Waals surface area contributed by atoms with Crippen LogP contribution in [0.25, 0.3) is 22.0 Å². The van der Waals surface area contributed by atoms with Crippen molar-refractivity contribution in [3.8, 4) is 11.1 Å². The lowest BCUT2D eigenvalue weighted by Gasteiger charge is -2.34. The normalized spacial score (nSPS) is 12.9. The Morgan fingerprint density at radius 2 is 1.62 bits per heavy atom. The zero-order valence-electron chi connectivity index (χ0n) is 23.1. The molecule has 1 atom stereocenters. The molecule has 1 N–H and O–H groups in total. The van der Waals surface area contributed by atoms with Gasteiger partial charge in [0.2, 0.25) is 0 Å².